The number of carbonyl (C=O) groups excluding carboxylic acids is 1. The van der Waals surface area contributed by atoms with Crippen molar-refractivity contribution in [2.45, 2.75) is 19.5 Å². The van der Waals surface area contributed by atoms with Crippen LogP contribution in [0.25, 0.3) is 11.1 Å². The van der Waals surface area contributed by atoms with Crippen molar-refractivity contribution in [2.75, 3.05) is 23.8 Å². The van der Waals surface area contributed by atoms with Gasteiger partial charge in [-0.15, -0.1) is 0 Å². The van der Waals surface area contributed by atoms with Gasteiger partial charge in [0.1, 0.15) is 23.5 Å². The van der Waals surface area contributed by atoms with Crippen LogP contribution >= 0.6 is 0 Å². The Hall–Kier alpha value is -4.81. The second-order valence-electron chi connectivity index (χ2n) is 8.61. The molecule has 2 heterocycles. The zero-order valence-electron chi connectivity index (χ0n) is 20.8. The minimum atomic E-state index is -0.395. The molecule has 8 nitrogen and oxygen atoms in total. The van der Waals surface area contributed by atoms with E-state index in [0.29, 0.717) is 24.7 Å². The molecule has 1 atom stereocenters. The average Bonchev–Trinajstić information content (AvgIpc) is 2.95. The van der Waals surface area contributed by atoms with E-state index in [-0.39, 0.29) is 29.6 Å². The molecule has 1 unspecified atom stereocenters. The van der Waals surface area contributed by atoms with E-state index in [1.807, 2.05) is 42.5 Å². The minimum absolute atomic E-state index is 0.0399. The molecule has 0 bridgehead atoms. The highest BCUT2D eigenvalue weighted by atomic mass is 19.1. The van der Waals surface area contributed by atoms with E-state index < -0.39 is 5.91 Å². The molecule has 0 saturated heterocycles. The summed E-state index contributed by atoms with van der Waals surface area (Å²) in [7, 11) is 0. The third kappa shape index (κ3) is 6.69. The topological polar surface area (TPSA) is 123 Å². The Morgan fingerprint density at radius 3 is 2.39 bits per heavy atom. The summed E-state index contributed by atoms with van der Waals surface area (Å²) in [6.45, 7) is 2.70. The second kappa shape index (κ2) is 12.4. The van der Waals surface area contributed by atoms with Crippen molar-refractivity contribution in [3.63, 3.8) is 0 Å². The lowest BCUT2D eigenvalue weighted by Gasteiger charge is -2.16. The zero-order valence-corrected chi connectivity index (χ0v) is 20.8. The van der Waals surface area contributed by atoms with Gasteiger partial charge in [-0.05, 0) is 53.9 Å². The molecule has 192 valence electrons. The molecule has 0 saturated carbocycles. The van der Waals surface area contributed by atoms with Crippen LogP contribution in [0.4, 0.5) is 16.0 Å². The average molecular weight is 511 g/mol. The van der Waals surface area contributed by atoms with E-state index in [0.717, 1.165) is 22.3 Å². The monoisotopic (exact) mass is 510 g/mol. The normalized spacial score (nSPS) is 11.3. The molecule has 2 aromatic heterocycles. The van der Waals surface area contributed by atoms with Gasteiger partial charge in [0.15, 0.2) is 0 Å². The highest BCUT2D eigenvalue weighted by molar-refractivity contribution is 5.99. The SMILES string of the molecule is CC(NC(=O)c1cc(C#N)cnc1NCc1ccc(-c2ccc(NCCO)nc2)cc1)c1ccc(F)cc1. The first-order chi connectivity index (χ1) is 18.5. The van der Waals surface area contributed by atoms with Crippen molar-refractivity contribution < 1.29 is 14.3 Å². The van der Waals surface area contributed by atoms with E-state index >= 15 is 0 Å². The first-order valence-electron chi connectivity index (χ1n) is 12.1. The predicted octanol–water partition coefficient (Wildman–Crippen LogP) is 4.66. The van der Waals surface area contributed by atoms with Crippen LogP contribution in [0, 0.1) is 17.1 Å². The molecule has 0 aliphatic rings. The molecular formula is C29H27FN6O2. The summed E-state index contributed by atoms with van der Waals surface area (Å²) in [4.78, 5) is 21.7. The van der Waals surface area contributed by atoms with Crippen LogP contribution in [-0.4, -0.2) is 34.1 Å². The number of carbonyl (C=O) groups is 1. The fourth-order valence-corrected chi connectivity index (χ4v) is 3.80. The van der Waals surface area contributed by atoms with E-state index in [1.54, 1.807) is 25.3 Å². The van der Waals surface area contributed by atoms with Crippen molar-refractivity contribution in [2.24, 2.45) is 0 Å². The fourth-order valence-electron chi connectivity index (χ4n) is 3.80. The molecule has 0 spiro atoms. The lowest BCUT2D eigenvalue weighted by Crippen LogP contribution is -2.28. The molecule has 0 fully saturated rings. The number of halogens is 1. The van der Waals surface area contributed by atoms with E-state index in [9.17, 15) is 14.4 Å². The summed E-state index contributed by atoms with van der Waals surface area (Å²) >= 11 is 0. The molecule has 4 rings (SSSR count). The number of nitriles is 1. The van der Waals surface area contributed by atoms with E-state index in [4.69, 9.17) is 5.11 Å². The molecule has 0 radical (unpaired) electrons. The number of nitrogens with one attached hydrogen (secondary N) is 3. The number of hydrogen-bond donors (Lipinski definition) is 4. The summed E-state index contributed by atoms with van der Waals surface area (Å²) in [5, 5.41) is 27.3. The summed E-state index contributed by atoms with van der Waals surface area (Å²) in [6, 6.07) is 20.8. The highest BCUT2D eigenvalue weighted by Gasteiger charge is 2.17. The number of aliphatic hydroxyl groups excluding tert-OH is 1. The van der Waals surface area contributed by atoms with Gasteiger partial charge in [0.2, 0.25) is 0 Å². The Morgan fingerprint density at radius 2 is 1.74 bits per heavy atom. The maximum Gasteiger partial charge on any atom is 0.255 e. The summed E-state index contributed by atoms with van der Waals surface area (Å²) < 4.78 is 13.3. The number of benzene rings is 2. The highest BCUT2D eigenvalue weighted by Crippen LogP contribution is 2.22. The van der Waals surface area contributed by atoms with Crippen LogP contribution in [0.3, 0.4) is 0 Å². The molecule has 9 heteroatoms. The Morgan fingerprint density at radius 1 is 1.00 bits per heavy atom. The van der Waals surface area contributed by atoms with Crippen LogP contribution in [0.15, 0.2) is 79.1 Å². The Labute approximate surface area is 220 Å². The van der Waals surface area contributed by atoms with Crippen molar-refractivity contribution in [1.29, 1.82) is 5.26 Å². The number of aromatic nitrogens is 2. The molecule has 38 heavy (non-hydrogen) atoms. The molecule has 1 amide bonds. The zero-order chi connectivity index (χ0) is 26.9. The minimum Gasteiger partial charge on any atom is -0.395 e. The maximum atomic E-state index is 13.3. The second-order valence-corrected chi connectivity index (χ2v) is 8.61. The number of rotatable bonds is 10. The number of aliphatic hydroxyl groups is 1. The van der Waals surface area contributed by atoms with Crippen molar-refractivity contribution in [1.82, 2.24) is 15.3 Å². The lowest BCUT2D eigenvalue weighted by molar-refractivity contribution is 0.0940. The Bertz CT molecular complexity index is 1420. The van der Waals surface area contributed by atoms with Gasteiger partial charge < -0.3 is 21.1 Å². The van der Waals surface area contributed by atoms with E-state index in [2.05, 4.69) is 25.9 Å². The largest absolute Gasteiger partial charge is 0.395 e. The Kier molecular flexibility index (Phi) is 8.59. The number of hydrogen-bond acceptors (Lipinski definition) is 7. The van der Waals surface area contributed by atoms with E-state index in [1.165, 1.54) is 24.4 Å². The third-order valence-corrected chi connectivity index (χ3v) is 5.91. The van der Waals surface area contributed by atoms with Gasteiger partial charge in [-0.2, -0.15) is 5.26 Å². The number of amides is 1. The van der Waals surface area contributed by atoms with Gasteiger partial charge in [-0.25, -0.2) is 14.4 Å². The molecular weight excluding hydrogens is 483 g/mol. The maximum absolute atomic E-state index is 13.3. The van der Waals surface area contributed by atoms with Gasteiger partial charge in [0.25, 0.3) is 5.91 Å². The molecule has 4 aromatic rings. The quantitative estimate of drug-likeness (QED) is 0.245. The smallest absolute Gasteiger partial charge is 0.255 e. The molecule has 2 aromatic carbocycles. The first-order valence-corrected chi connectivity index (χ1v) is 12.1. The van der Waals surface area contributed by atoms with Crippen LogP contribution in [-0.2, 0) is 6.54 Å². The standard InChI is InChI=1S/C29H27FN6O2/c1-19(22-6-9-25(30)10-7-22)36-29(38)26-14-21(15-31)17-35-28(26)34-16-20-2-4-23(5-3-20)24-8-11-27(33-18-24)32-12-13-37/h2-11,14,17-19,37H,12-13,16H2,1H3,(H,32,33)(H,34,35)(H,36,38). The number of anilines is 2. The number of pyridine rings is 2. The molecule has 0 aliphatic heterocycles. The van der Waals surface area contributed by atoms with Gasteiger partial charge >= 0.3 is 0 Å². The lowest BCUT2D eigenvalue weighted by atomic mass is 10.1. The van der Waals surface area contributed by atoms with Crippen molar-refractivity contribution in [3.05, 3.63) is 107 Å². The van der Waals surface area contributed by atoms with Crippen molar-refractivity contribution in [3.8, 4) is 17.2 Å². The van der Waals surface area contributed by atoms with Gasteiger partial charge in [0.05, 0.1) is 23.8 Å². The fraction of sp³-hybridized carbons (Fsp3) is 0.172. The third-order valence-electron chi connectivity index (χ3n) is 5.91. The molecule has 4 N–H and O–H groups in total. The number of nitrogens with zero attached hydrogens (tertiary/aromatic N) is 3. The van der Waals surface area contributed by atoms with Gasteiger partial charge in [-0.3, -0.25) is 4.79 Å². The van der Waals surface area contributed by atoms with Gasteiger partial charge in [-0.1, -0.05) is 36.4 Å². The van der Waals surface area contributed by atoms with Crippen LogP contribution < -0.4 is 16.0 Å². The summed E-state index contributed by atoms with van der Waals surface area (Å²) in [5.74, 6) is 0.310. The summed E-state index contributed by atoms with van der Waals surface area (Å²) in [6.07, 6.45) is 3.18. The summed E-state index contributed by atoms with van der Waals surface area (Å²) in [5.41, 5.74) is 4.20. The van der Waals surface area contributed by atoms with Crippen LogP contribution in [0.1, 0.15) is 40.0 Å². The van der Waals surface area contributed by atoms with Crippen LogP contribution in [0.2, 0.25) is 0 Å². The van der Waals surface area contributed by atoms with Gasteiger partial charge in [0, 0.05) is 31.0 Å². The molecule has 0 aliphatic carbocycles. The van der Waals surface area contributed by atoms with Crippen LogP contribution in [0.5, 0.6) is 0 Å². The Balaban J connectivity index is 1.43. The van der Waals surface area contributed by atoms with Crippen molar-refractivity contribution >= 4 is 17.5 Å². The predicted molar refractivity (Wildman–Crippen MR) is 144 cm³/mol. The first kappa shape index (κ1) is 26.3.